The van der Waals surface area contributed by atoms with E-state index < -0.39 is 0 Å². The number of imidazole rings is 1. The lowest BCUT2D eigenvalue weighted by Crippen LogP contribution is -2.19. The van der Waals surface area contributed by atoms with Gasteiger partial charge >= 0.3 is 0 Å². The monoisotopic (exact) mass is 454 g/mol. The molecule has 0 spiro atoms. The van der Waals surface area contributed by atoms with E-state index in [-0.39, 0.29) is 12.1 Å². The number of hydrogen-bond donors (Lipinski definition) is 2. The fourth-order valence-electron chi connectivity index (χ4n) is 4.41. The van der Waals surface area contributed by atoms with Crippen LogP contribution < -0.4 is 10.1 Å². The van der Waals surface area contributed by atoms with Crippen molar-refractivity contribution in [3.8, 4) is 34.7 Å². The normalized spacial score (nSPS) is 14.9. The number of ether oxygens (including phenoxy) is 1. The Hall–Kier alpha value is -3.96. The minimum Gasteiger partial charge on any atom is -0.490 e. The number of aryl methyl sites for hydroxylation is 1. The number of aromatic amines is 1. The first kappa shape index (κ1) is 21.9. The molecule has 2 aromatic heterocycles. The second-order valence-corrected chi connectivity index (χ2v) is 8.75. The quantitative estimate of drug-likeness (QED) is 0.409. The summed E-state index contributed by atoms with van der Waals surface area (Å²) in [6, 6.07) is 14.0. The highest BCUT2D eigenvalue weighted by molar-refractivity contribution is 5.67. The number of nitriles is 1. The highest BCUT2D eigenvalue weighted by atomic mass is 16.5. The Kier molecular flexibility index (Phi) is 5.86. The van der Waals surface area contributed by atoms with Gasteiger partial charge in [-0.2, -0.15) is 10.2 Å². The fraction of sp³-hybridized carbons (Fsp3) is 0.308. The van der Waals surface area contributed by atoms with E-state index in [2.05, 4.69) is 37.6 Å². The Morgan fingerprint density at radius 1 is 1.26 bits per heavy atom. The lowest BCUT2D eigenvalue weighted by atomic mass is 10.0. The van der Waals surface area contributed by atoms with Crippen LogP contribution in [0.5, 0.6) is 5.75 Å². The molecular weight excluding hydrogens is 428 g/mol. The molecule has 8 heteroatoms. The van der Waals surface area contributed by atoms with Crippen LogP contribution in [0.15, 0.2) is 47.1 Å². The van der Waals surface area contributed by atoms with Crippen LogP contribution in [0.4, 0.5) is 0 Å². The number of H-pyrrole nitrogens is 1. The second-order valence-electron chi connectivity index (χ2n) is 8.75. The molecule has 172 valence electrons. The van der Waals surface area contributed by atoms with Crippen molar-refractivity contribution in [3.05, 3.63) is 70.8 Å². The summed E-state index contributed by atoms with van der Waals surface area (Å²) in [5.74, 6) is 2.41. The lowest BCUT2D eigenvalue weighted by molar-refractivity contribution is 0.241. The zero-order chi connectivity index (χ0) is 23.7. The topological polar surface area (TPSA) is 113 Å². The molecule has 2 N–H and O–H groups in total. The van der Waals surface area contributed by atoms with Gasteiger partial charge in [-0.15, -0.1) is 0 Å². The van der Waals surface area contributed by atoms with Crippen molar-refractivity contribution >= 4 is 0 Å². The third-order valence-electron chi connectivity index (χ3n) is 5.92. The van der Waals surface area contributed by atoms with Crippen LogP contribution in [0.25, 0.3) is 22.8 Å². The molecule has 8 nitrogen and oxygen atoms in total. The minimum atomic E-state index is -0.0188. The van der Waals surface area contributed by atoms with E-state index in [4.69, 9.17) is 9.26 Å². The maximum absolute atomic E-state index is 9.53. The van der Waals surface area contributed by atoms with Crippen LogP contribution in [0, 0.1) is 18.3 Å². The molecule has 0 aliphatic heterocycles. The van der Waals surface area contributed by atoms with E-state index in [0.29, 0.717) is 35.1 Å². The molecule has 0 saturated heterocycles. The first-order chi connectivity index (χ1) is 16.5. The lowest BCUT2D eigenvalue weighted by Gasteiger charge is -2.13. The van der Waals surface area contributed by atoms with Crippen molar-refractivity contribution < 1.29 is 9.26 Å². The molecule has 0 amide bonds. The van der Waals surface area contributed by atoms with E-state index >= 15 is 0 Å². The summed E-state index contributed by atoms with van der Waals surface area (Å²) in [4.78, 5) is 12.3. The van der Waals surface area contributed by atoms with Crippen molar-refractivity contribution in [2.24, 2.45) is 0 Å². The van der Waals surface area contributed by atoms with E-state index in [1.54, 1.807) is 12.1 Å². The van der Waals surface area contributed by atoms with Gasteiger partial charge in [0, 0.05) is 23.4 Å². The second kappa shape index (κ2) is 9.12. The van der Waals surface area contributed by atoms with Gasteiger partial charge in [-0.25, -0.2) is 4.98 Å². The van der Waals surface area contributed by atoms with Gasteiger partial charge in [0.05, 0.1) is 23.9 Å². The molecule has 1 atom stereocenters. The Balaban J connectivity index is 1.38. The van der Waals surface area contributed by atoms with E-state index in [1.165, 1.54) is 11.1 Å². The van der Waals surface area contributed by atoms with Crippen LogP contribution in [-0.4, -0.2) is 26.2 Å². The minimum absolute atomic E-state index is 0.0188. The number of hydrogen-bond acceptors (Lipinski definition) is 7. The van der Waals surface area contributed by atoms with Gasteiger partial charge in [-0.05, 0) is 62.9 Å². The van der Waals surface area contributed by atoms with Crippen molar-refractivity contribution in [2.45, 2.75) is 52.3 Å². The van der Waals surface area contributed by atoms with E-state index in [0.717, 1.165) is 29.9 Å². The summed E-state index contributed by atoms with van der Waals surface area (Å²) in [5.41, 5.74) is 5.59. The number of nitrogens with zero attached hydrogens (tertiary/aromatic N) is 4. The average molecular weight is 455 g/mol. The number of fused-ring (bicyclic) bond motifs is 1. The first-order valence-electron chi connectivity index (χ1n) is 11.4. The summed E-state index contributed by atoms with van der Waals surface area (Å²) in [7, 11) is 0. The highest BCUT2D eigenvalue weighted by Crippen LogP contribution is 2.37. The molecule has 4 aromatic rings. The van der Waals surface area contributed by atoms with Crippen molar-refractivity contribution in [1.82, 2.24) is 25.4 Å². The summed E-state index contributed by atoms with van der Waals surface area (Å²) >= 11 is 0. The highest BCUT2D eigenvalue weighted by Gasteiger charge is 2.26. The Morgan fingerprint density at radius 2 is 2.15 bits per heavy atom. The van der Waals surface area contributed by atoms with Gasteiger partial charge in [-0.3, -0.25) is 0 Å². The number of nitrogens with one attached hydrogen (secondary N) is 2. The molecule has 2 aromatic carbocycles. The molecule has 0 bridgehead atoms. The Morgan fingerprint density at radius 3 is 2.91 bits per heavy atom. The maximum Gasteiger partial charge on any atom is 0.258 e. The summed E-state index contributed by atoms with van der Waals surface area (Å²) in [6.45, 7) is 6.52. The number of benzene rings is 2. The molecule has 1 aliphatic rings. The van der Waals surface area contributed by atoms with Gasteiger partial charge in [0.1, 0.15) is 17.6 Å². The van der Waals surface area contributed by atoms with Gasteiger partial charge in [-0.1, -0.05) is 23.4 Å². The largest absolute Gasteiger partial charge is 0.490 e. The third kappa shape index (κ3) is 4.30. The molecule has 34 heavy (non-hydrogen) atoms. The fourth-order valence-corrected chi connectivity index (χ4v) is 4.41. The van der Waals surface area contributed by atoms with Crippen LogP contribution in [-0.2, 0) is 13.0 Å². The summed E-state index contributed by atoms with van der Waals surface area (Å²) in [5, 5.41) is 17.4. The van der Waals surface area contributed by atoms with Crippen LogP contribution in [0.1, 0.15) is 54.5 Å². The zero-order valence-electron chi connectivity index (χ0n) is 19.4. The van der Waals surface area contributed by atoms with Crippen LogP contribution in [0.3, 0.4) is 0 Å². The number of rotatable bonds is 7. The van der Waals surface area contributed by atoms with E-state index in [1.807, 2.05) is 45.2 Å². The smallest absolute Gasteiger partial charge is 0.258 e. The van der Waals surface area contributed by atoms with Crippen molar-refractivity contribution in [1.29, 1.82) is 5.26 Å². The first-order valence-corrected chi connectivity index (χ1v) is 11.4. The van der Waals surface area contributed by atoms with Crippen LogP contribution in [0.2, 0.25) is 0 Å². The average Bonchev–Trinajstić information content (AvgIpc) is 3.57. The molecule has 0 fully saturated rings. The maximum atomic E-state index is 9.53. The Bertz CT molecular complexity index is 1360. The number of aromatic nitrogens is 4. The summed E-state index contributed by atoms with van der Waals surface area (Å²) in [6.07, 6.45) is 3.83. The molecule has 5 rings (SSSR count). The standard InChI is InChI=1S/C26H26N6O2/c1-15(2)33-23-10-7-17(11-18(23)12-27)26-31-25(32-34-26)21-6-4-5-20-19(21)8-9-22(20)28-14-24-29-13-16(3)30-24/h4-7,10-11,13,15,22,28H,8-9,14H2,1-3H3,(H,29,30)/t22-/m1/s1. The molecule has 2 heterocycles. The third-order valence-corrected chi connectivity index (χ3v) is 5.92. The van der Waals surface area contributed by atoms with Gasteiger partial charge in [0.15, 0.2) is 0 Å². The summed E-state index contributed by atoms with van der Waals surface area (Å²) < 4.78 is 11.3. The molecule has 1 aliphatic carbocycles. The Labute approximate surface area is 198 Å². The van der Waals surface area contributed by atoms with Gasteiger partial charge in [0.25, 0.3) is 5.89 Å². The van der Waals surface area contributed by atoms with E-state index in [9.17, 15) is 5.26 Å². The SMILES string of the molecule is Cc1c[nH]c(CN[C@@H]2CCc3c(-c4noc(-c5ccc(OC(C)C)c(C#N)c5)n4)cccc32)n1. The molecule has 0 unspecified atom stereocenters. The van der Waals surface area contributed by atoms with Crippen molar-refractivity contribution in [3.63, 3.8) is 0 Å². The van der Waals surface area contributed by atoms with Crippen molar-refractivity contribution in [2.75, 3.05) is 0 Å². The molecule has 0 saturated carbocycles. The molecular formula is C26H26N6O2. The predicted octanol–water partition coefficient (Wildman–Crippen LogP) is 4.87. The van der Waals surface area contributed by atoms with Gasteiger partial charge < -0.3 is 19.6 Å². The van der Waals surface area contributed by atoms with Crippen LogP contribution >= 0.6 is 0 Å². The zero-order valence-corrected chi connectivity index (χ0v) is 19.4. The van der Waals surface area contributed by atoms with Gasteiger partial charge in [0.2, 0.25) is 5.82 Å². The predicted molar refractivity (Wildman–Crippen MR) is 127 cm³/mol. The molecule has 0 radical (unpaired) electrons.